The molecule has 0 fully saturated rings. The highest BCUT2D eigenvalue weighted by atomic mass is 79.9. The lowest BCUT2D eigenvalue weighted by molar-refractivity contribution is 0.0991. The second kappa shape index (κ2) is 9.27. The van der Waals surface area contributed by atoms with Gasteiger partial charge in [0.1, 0.15) is 11.3 Å². The number of carbonyl (C=O) groups is 1. The summed E-state index contributed by atoms with van der Waals surface area (Å²) in [6.07, 6.45) is 4.68. The fourth-order valence-corrected chi connectivity index (χ4v) is 4.10. The molecule has 5 rings (SSSR count). The zero-order chi connectivity index (χ0) is 24.5. The number of ketones is 1. The quantitative estimate of drug-likeness (QED) is 0.260. The van der Waals surface area contributed by atoms with Crippen LogP contribution in [0.25, 0.3) is 11.2 Å². The smallest absolute Gasteiger partial charge is 0.265 e. The Balaban J connectivity index is 1.38. The van der Waals surface area contributed by atoms with Crippen molar-refractivity contribution in [2.75, 3.05) is 0 Å². The first-order chi connectivity index (χ1) is 16.9. The van der Waals surface area contributed by atoms with E-state index in [9.17, 15) is 18.4 Å². The van der Waals surface area contributed by atoms with E-state index >= 15 is 0 Å². The summed E-state index contributed by atoms with van der Waals surface area (Å²) in [5.74, 6) is -1.15. The number of rotatable bonds is 6. The maximum atomic E-state index is 14.8. The van der Waals surface area contributed by atoms with Crippen LogP contribution in [-0.4, -0.2) is 20.0 Å². The van der Waals surface area contributed by atoms with Gasteiger partial charge in [0, 0.05) is 29.0 Å². The zero-order valence-electron chi connectivity index (χ0n) is 18.0. The van der Waals surface area contributed by atoms with E-state index in [1.165, 1.54) is 53.2 Å². The number of fused-ring (bicyclic) bond motifs is 1. The number of hydrogen-bond acceptors (Lipinski definition) is 4. The highest BCUT2D eigenvalue weighted by molar-refractivity contribution is 9.10. The van der Waals surface area contributed by atoms with Crippen LogP contribution in [0.1, 0.15) is 15.9 Å². The zero-order valence-corrected chi connectivity index (χ0v) is 19.6. The van der Waals surface area contributed by atoms with E-state index in [0.717, 1.165) is 0 Å². The molecule has 35 heavy (non-hydrogen) atoms. The first-order valence-corrected chi connectivity index (χ1v) is 11.3. The Morgan fingerprint density at radius 3 is 2.57 bits per heavy atom. The number of ether oxygens (including phenoxy) is 1. The molecule has 3 heterocycles. The molecule has 0 amide bonds. The molecule has 0 aliphatic rings. The van der Waals surface area contributed by atoms with E-state index in [1.807, 2.05) is 0 Å². The summed E-state index contributed by atoms with van der Waals surface area (Å²) in [4.78, 5) is 25.7. The average molecular weight is 536 g/mol. The molecule has 0 spiro atoms. The van der Waals surface area contributed by atoms with Crippen LogP contribution >= 0.6 is 15.9 Å². The van der Waals surface area contributed by atoms with E-state index in [1.54, 1.807) is 41.2 Å². The van der Waals surface area contributed by atoms with Crippen LogP contribution in [0.5, 0.6) is 11.5 Å². The fourth-order valence-electron chi connectivity index (χ4n) is 3.69. The first-order valence-electron chi connectivity index (χ1n) is 10.5. The van der Waals surface area contributed by atoms with Crippen molar-refractivity contribution in [1.82, 2.24) is 14.2 Å². The molecule has 2 aromatic carbocycles. The molecule has 0 N–H and O–H groups in total. The number of nitrogens with zero attached hydrogens (tertiary/aromatic N) is 3. The van der Waals surface area contributed by atoms with Gasteiger partial charge in [0.25, 0.3) is 5.56 Å². The summed E-state index contributed by atoms with van der Waals surface area (Å²) >= 11 is 3.37. The Hall–Kier alpha value is -4.11. The molecule has 174 valence electrons. The van der Waals surface area contributed by atoms with Crippen molar-refractivity contribution in [3.8, 4) is 17.2 Å². The topological polar surface area (TPSA) is 65.6 Å². The molecule has 0 saturated heterocycles. The van der Waals surface area contributed by atoms with E-state index in [-0.39, 0.29) is 17.7 Å². The number of aromatic nitrogens is 3. The van der Waals surface area contributed by atoms with Crippen LogP contribution in [0.2, 0.25) is 0 Å². The molecule has 0 unspecified atom stereocenters. The molecular weight excluding hydrogens is 520 g/mol. The molecular formula is C26H16BrF2N3O3. The summed E-state index contributed by atoms with van der Waals surface area (Å²) in [5, 5.41) is 4.15. The molecule has 0 bridgehead atoms. The van der Waals surface area contributed by atoms with E-state index in [2.05, 4.69) is 21.0 Å². The number of carbonyl (C=O) groups excluding carboxylic acids is 1. The number of benzene rings is 2. The summed E-state index contributed by atoms with van der Waals surface area (Å²) in [7, 11) is 0. The van der Waals surface area contributed by atoms with Gasteiger partial charge in [-0.1, -0.05) is 6.07 Å². The maximum Gasteiger partial charge on any atom is 0.265 e. The molecule has 9 heteroatoms. The van der Waals surface area contributed by atoms with Gasteiger partial charge in [-0.15, -0.1) is 0 Å². The van der Waals surface area contributed by atoms with Gasteiger partial charge < -0.3 is 4.74 Å². The van der Waals surface area contributed by atoms with Crippen molar-refractivity contribution < 1.29 is 18.3 Å². The SMILES string of the molecule is O=C(Cc1ccc(Oc2cc(Br)cn3nccc23)c(F)c1)c1cccn(-c2ccc(F)cc2)c1=O. The fraction of sp³-hybridized carbons (Fsp3) is 0.0385. The molecule has 3 aromatic heterocycles. The second-order valence-electron chi connectivity index (χ2n) is 7.72. The molecule has 5 aromatic rings. The van der Waals surface area contributed by atoms with Crippen molar-refractivity contribution >= 4 is 27.2 Å². The molecule has 0 aliphatic heterocycles. The summed E-state index contributed by atoms with van der Waals surface area (Å²) in [5.41, 5.74) is 0.894. The van der Waals surface area contributed by atoms with Gasteiger partial charge >= 0.3 is 0 Å². The first kappa shape index (κ1) is 22.7. The minimum absolute atomic E-state index is 0.0132. The van der Waals surface area contributed by atoms with Crippen molar-refractivity contribution in [3.05, 3.63) is 123 Å². The minimum Gasteiger partial charge on any atom is -0.452 e. The van der Waals surface area contributed by atoms with Crippen LogP contribution in [0.15, 0.2) is 94.6 Å². The van der Waals surface area contributed by atoms with Gasteiger partial charge in [0.05, 0.1) is 11.8 Å². The predicted molar refractivity (Wildman–Crippen MR) is 129 cm³/mol. The van der Waals surface area contributed by atoms with Crippen LogP contribution in [-0.2, 0) is 6.42 Å². The van der Waals surface area contributed by atoms with Gasteiger partial charge in [-0.05, 0) is 82.2 Å². The average Bonchev–Trinajstić information content (AvgIpc) is 3.30. The van der Waals surface area contributed by atoms with Gasteiger partial charge in [-0.3, -0.25) is 14.2 Å². The highest BCUT2D eigenvalue weighted by Crippen LogP contribution is 2.31. The molecule has 0 atom stereocenters. The van der Waals surface area contributed by atoms with Crippen molar-refractivity contribution in [1.29, 1.82) is 0 Å². The minimum atomic E-state index is -0.648. The van der Waals surface area contributed by atoms with Gasteiger partial charge in [-0.2, -0.15) is 5.10 Å². The Labute approximate surface area is 206 Å². The number of hydrogen-bond donors (Lipinski definition) is 0. The van der Waals surface area contributed by atoms with Crippen LogP contribution in [0.3, 0.4) is 0 Å². The van der Waals surface area contributed by atoms with Gasteiger partial charge in [-0.25, -0.2) is 13.3 Å². The third kappa shape index (κ3) is 4.63. The van der Waals surface area contributed by atoms with Crippen molar-refractivity contribution in [3.63, 3.8) is 0 Å². The Morgan fingerprint density at radius 1 is 1.00 bits per heavy atom. The molecule has 0 aliphatic carbocycles. The lowest BCUT2D eigenvalue weighted by Gasteiger charge is -2.11. The Morgan fingerprint density at radius 2 is 1.80 bits per heavy atom. The summed E-state index contributed by atoms with van der Waals surface area (Å²) in [6.45, 7) is 0. The monoisotopic (exact) mass is 535 g/mol. The van der Waals surface area contributed by atoms with E-state index < -0.39 is 23.0 Å². The normalized spacial score (nSPS) is 11.1. The third-order valence-electron chi connectivity index (χ3n) is 5.37. The van der Waals surface area contributed by atoms with Crippen molar-refractivity contribution in [2.24, 2.45) is 0 Å². The largest absolute Gasteiger partial charge is 0.452 e. The second-order valence-corrected chi connectivity index (χ2v) is 8.64. The summed E-state index contributed by atoms with van der Waals surface area (Å²) < 4.78 is 37.4. The van der Waals surface area contributed by atoms with E-state index in [4.69, 9.17) is 4.74 Å². The van der Waals surface area contributed by atoms with Gasteiger partial charge in [0.2, 0.25) is 0 Å². The Bertz CT molecular complexity index is 1630. The standard InChI is InChI=1S/C26H16BrF2N3O3/c27-17-14-25(22-9-10-30-32(22)15-17)35-24-8-3-16(12-21(24)29)13-23(33)20-2-1-11-31(26(20)34)19-6-4-18(28)5-7-19/h1-12,14-15H,13H2. The maximum absolute atomic E-state index is 14.8. The number of halogens is 3. The third-order valence-corrected chi connectivity index (χ3v) is 5.80. The number of Topliss-reactive ketones (excluding diaryl/α,β-unsaturated/α-hetero) is 1. The summed E-state index contributed by atoms with van der Waals surface area (Å²) in [6, 6.07) is 16.0. The predicted octanol–water partition coefficient (Wildman–Crippen LogP) is 5.74. The van der Waals surface area contributed by atoms with Crippen LogP contribution in [0.4, 0.5) is 8.78 Å². The molecule has 0 radical (unpaired) electrons. The van der Waals surface area contributed by atoms with E-state index in [0.29, 0.717) is 27.0 Å². The lowest BCUT2D eigenvalue weighted by Crippen LogP contribution is -2.25. The number of pyridine rings is 2. The van der Waals surface area contributed by atoms with Crippen molar-refractivity contribution in [2.45, 2.75) is 6.42 Å². The lowest BCUT2D eigenvalue weighted by atomic mass is 10.0. The Kier molecular flexibility index (Phi) is 6.00. The highest BCUT2D eigenvalue weighted by Gasteiger charge is 2.16. The van der Waals surface area contributed by atoms with Crippen LogP contribution < -0.4 is 10.3 Å². The van der Waals surface area contributed by atoms with Crippen LogP contribution in [0, 0.1) is 11.6 Å². The molecule has 6 nitrogen and oxygen atoms in total. The van der Waals surface area contributed by atoms with Gasteiger partial charge in [0.15, 0.2) is 23.1 Å². The molecule has 0 saturated carbocycles.